The van der Waals surface area contributed by atoms with Crippen molar-refractivity contribution in [3.63, 3.8) is 0 Å². The lowest BCUT2D eigenvalue weighted by Crippen LogP contribution is -2.29. The van der Waals surface area contributed by atoms with E-state index in [1.807, 2.05) is 6.07 Å². The molecule has 1 aliphatic rings. The Balaban J connectivity index is 1.78. The van der Waals surface area contributed by atoms with Crippen LogP contribution >= 0.6 is 11.6 Å². The fraction of sp³-hybridized carbons (Fsp3) is 0.115. The van der Waals surface area contributed by atoms with E-state index in [2.05, 4.69) is 11.6 Å². The summed E-state index contributed by atoms with van der Waals surface area (Å²) in [4.78, 5) is 31.7. The number of ketones is 1. The molecular formula is C26H21ClN2O4. The first kappa shape index (κ1) is 22.3. The molecule has 0 unspecified atom stereocenters. The first-order chi connectivity index (χ1) is 16.0. The number of hydrogen-bond donors (Lipinski definition) is 1. The number of aliphatic hydroxyl groups is 1. The zero-order valence-corrected chi connectivity index (χ0v) is 18.4. The molecule has 3 aromatic rings. The molecule has 0 bridgehead atoms. The lowest BCUT2D eigenvalue weighted by atomic mass is 9.95. The molecule has 6 nitrogen and oxygen atoms in total. The highest BCUT2D eigenvalue weighted by molar-refractivity contribution is 6.46. The van der Waals surface area contributed by atoms with Gasteiger partial charge in [0, 0.05) is 29.5 Å². The summed E-state index contributed by atoms with van der Waals surface area (Å²) in [6, 6.07) is 16.3. The fourth-order valence-electron chi connectivity index (χ4n) is 3.74. The first-order valence-electron chi connectivity index (χ1n) is 10.3. The summed E-state index contributed by atoms with van der Waals surface area (Å²) >= 11 is 6.05. The third-order valence-corrected chi connectivity index (χ3v) is 5.55. The number of nitrogens with zero attached hydrogens (tertiary/aromatic N) is 2. The summed E-state index contributed by atoms with van der Waals surface area (Å²) in [5.41, 5.74) is 1.85. The standard InChI is InChI=1S/C26H21ClN2O4/c1-2-14-33-21-11-7-19(8-12-21)24(30)22-23(18-5-9-20(27)10-6-18)29(26(32)25(22)31)16-17-4-3-13-28-15-17/h2-13,15,23,30H,1,14,16H2/b24-22+/t23-/m0/s1. The monoisotopic (exact) mass is 460 g/mol. The normalized spacial score (nSPS) is 17.2. The van der Waals surface area contributed by atoms with Gasteiger partial charge in [-0.3, -0.25) is 14.6 Å². The second kappa shape index (κ2) is 9.71. The highest BCUT2D eigenvalue weighted by Crippen LogP contribution is 2.40. The lowest BCUT2D eigenvalue weighted by molar-refractivity contribution is -0.140. The number of carbonyl (C=O) groups is 2. The molecule has 33 heavy (non-hydrogen) atoms. The molecule has 2 aromatic carbocycles. The number of Topliss-reactive ketones (excluding diaryl/α,β-unsaturated/α-hetero) is 1. The number of rotatable bonds is 7. The van der Waals surface area contributed by atoms with Gasteiger partial charge >= 0.3 is 0 Å². The number of aliphatic hydroxyl groups excluding tert-OH is 1. The Morgan fingerprint density at radius 2 is 1.85 bits per heavy atom. The Bertz CT molecular complexity index is 1210. The van der Waals surface area contributed by atoms with Crippen molar-refractivity contribution in [2.75, 3.05) is 6.61 Å². The van der Waals surface area contributed by atoms with Gasteiger partial charge in [-0.2, -0.15) is 0 Å². The molecule has 1 aliphatic heterocycles. The number of benzene rings is 2. The molecule has 1 atom stereocenters. The zero-order valence-electron chi connectivity index (χ0n) is 17.6. The summed E-state index contributed by atoms with van der Waals surface area (Å²) < 4.78 is 5.48. The van der Waals surface area contributed by atoms with Gasteiger partial charge in [0.15, 0.2) is 0 Å². The van der Waals surface area contributed by atoms with Gasteiger partial charge in [0.25, 0.3) is 11.7 Å². The van der Waals surface area contributed by atoms with Crippen molar-refractivity contribution in [2.45, 2.75) is 12.6 Å². The molecule has 4 rings (SSSR count). The number of pyridine rings is 1. The van der Waals surface area contributed by atoms with E-state index >= 15 is 0 Å². The maximum atomic E-state index is 13.1. The minimum absolute atomic E-state index is 0.0194. The average molecular weight is 461 g/mol. The molecule has 0 saturated carbocycles. The van der Waals surface area contributed by atoms with E-state index in [0.717, 1.165) is 5.56 Å². The Morgan fingerprint density at radius 3 is 2.48 bits per heavy atom. The van der Waals surface area contributed by atoms with E-state index in [1.54, 1.807) is 73.1 Å². The maximum Gasteiger partial charge on any atom is 0.295 e. The van der Waals surface area contributed by atoms with Crippen LogP contribution in [-0.4, -0.2) is 33.3 Å². The minimum atomic E-state index is -0.779. The number of likely N-dealkylation sites (tertiary alicyclic amines) is 1. The molecule has 1 N–H and O–H groups in total. The second-order valence-electron chi connectivity index (χ2n) is 7.46. The van der Waals surface area contributed by atoms with Crippen LogP contribution in [0.15, 0.2) is 91.3 Å². The van der Waals surface area contributed by atoms with Crippen LogP contribution in [0, 0.1) is 0 Å². The molecule has 1 saturated heterocycles. The topological polar surface area (TPSA) is 79.7 Å². The van der Waals surface area contributed by atoms with E-state index in [9.17, 15) is 14.7 Å². The average Bonchev–Trinajstić information content (AvgIpc) is 3.08. The Morgan fingerprint density at radius 1 is 1.12 bits per heavy atom. The van der Waals surface area contributed by atoms with Crippen LogP contribution in [0.3, 0.4) is 0 Å². The second-order valence-corrected chi connectivity index (χ2v) is 7.90. The van der Waals surface area contributed by atoms with Gasteiger partial charge in [-0.05, 0) is 53.6 Å². The number of amides is 1. The summed E-state index contributed by atoms with van der Waals surface area (Å²) in [6.45, 7) is 4.12. The molecular weight excluding hydrogens is 440 g/mol. The molecule has 1 aromatic heterocycles. The van der Waals surface area contributed by atoms with Gasteiger partial charge in [0.1, 0.15) is 18.1 Å². The van der Waals surface area contributed by atoms with Crippen molar-refractivity contribution in [3.05, 3.63) is 113 Å². The molecule has 0 aliphatic carbocycles. The summed E-state index contributed by atoms with van der Waals surface area (Å²) in [5.74, 6) is -1.09. The molecule has 7 heteroatoms. The molecule has 1 amide bonds. The summed E-state index contributed by atoms with van der Waals surface area (Å²) in [6.07, 6.45) is 4.90. The number of halogens is 1. The Kier molecular flexibility index (Phi) is 6.56. The fourth-order valence-corrected chi connectivity index (χ4v) is 3.87. The number of ether oxygens (including phenoxy) is 1. The minimum Gasteiger partial charge on any atom is -0.507 e. The SMILES string of the molecule is C=CCOc1ccc(/C(O)=C2\C(=O)C(=O)N(Cc3cccnc3)[C@H]2c2ccc(Cl)cc2)cc1. The van der Waals surface area contributed by atoms with E-state index < -0.39 is 17.7 Å². The van der Waals surface area contributed by atoms with Crippen molar-refractivity contribution >= 4 is 29.1 Å². The lowest BCUT2D eigenvalue weighted by Gasteiger charge is -2.25. The van der Waals surface area contributed by atoms with E-state index in [0.29, 0.717) is 28.5 Å². The van der Waals surface area contributed by atoms with Crippen molar-refractivity contribution in [2.24, 2.45) is 0 Å². The Hall–Kier alpha value is -3.90. The van der Waals surface area contributed by atoms with Gasteiger partial charge in [0.2, 0.25) is 0 Å². The quantitative estimate of drug-likeness (QED) is 0.234. The summed E-state index contributed by atoms with van der Waals surface area (Å²) in [5, 5.41) is 11.7. The van der Waals surface area contributed by atoms with Crippen molar-refractivity contribution < 1.29 is 19.4 Å². The maximum absolute atomic E-state index is 13.1. The van der Waals surface area contributed by atoms with Crippen molar-refractivity contribution in [1.29, 1.82) is 0 Å². The van der Waals surface area contributed by atoms with Crippen LogP contribution in [0.5, 0.6) is 5.75 Å². The van der Waals surface area contributed by atoms with Crippen LogP contribution in [0.2, 0.25) is 5.02 Å². The number of carbonyl (C=O) groups excluding carboxylic acids is 2. The molecule has 2 heterocycles. The van der Waals surface area contributed by atoms with E-state index in [-0.39, 0.29) is 17.9 Å². The first-order valence-corrected chi connectivity index (χ1v) is 10.6. The van der Waals surface area contributed by atoms with Crippen LogP contribution in [0.4, 0.5) is 0 Å². The van der Waals surface area contributed by atoms with Crippen LogP contribution in [0.1, 0.15) is 22.7 Å². The van der Waals surface area contributed by atoms with Gasteiger partial charge in [-0.15, -0.1) is 0 Å². The highest BCUT2D eigenvalue weighted by atomic mass is 35.5. The third-order valence-electron chi connectivity index (χ3n) is 5.30. The van der Waals surface area contributed by atoms with Crippen molar-refractivity contribution in [3.8, 4) is 5.75 Å². The Labute approximate surface area is 196 Å². The molecule has 0 radical (unpaired) electrons. The van der Waals surface area contributed by atoms with Crippen LogP contribution in [-0.2, 0) is 16.1 Å². The highest BCUT2D eigenvalue weighted by Gasteiger charge is 2.46. The zero-order chi connectivity index (χ0) is 23.4. The predicted molar refractivity (Wildman–Crippen MR) is 126 cm³/mol. The smallest absolute Gasteiger partial charge is 0.295 e. The molecule has 1 fully saturated rings. The van der Waals surface area contributed by atoms with Gasteiger partial charge in [-0.1, -0.05) is 42.5 Å². The molecule has 166 valence electrons. The third kappa shape index (κ3) is 4.66. The van der Waals surface area contributed by atoms with Gasteiger partial charge in [-0.25, -0.2) is 0 Å². The number of aromatic nitrogens is 1. The predicted octanol–water partition coefficient (Wildman–Crippen LogP) is 4.92. The summed E-state index contributed by atoms with van der Waals surface area (Å²) in [7, 11) is 0. The van der Waals surface area contributed by atoms with Gasteiger partial charge in [0.05, 0.1) is 11.6 Å². The van der Waals surface area contributed by atoms with Gasteiger partial charge < -0.3 is 14.7 Å². The molecule has 0 spiro atoms. The van der Waals surface area contributed by atoms with Crippen LogP contribution in [0.25, 0.3) is 5.76 Å². The van der Waals surface area contributed by atoms with E-state index in [1.165, 1.54) is 4.90 Å². The van der Waals surface area contributed by atoms with E-state index in [4.69, 9.17) is 16.3 Å². The largest absolute Gasteiger partial charge is 0.507 e. The van der Waals surface area contributed by atoms with Crippen molar-refractivity contribution in [1.82, 2.24) is 9.88 Å². The van der Waals surface area contributed by atoms with Crippen LogP contribution < -0.4 is 4.74 Å². The number of hydrogen-bond acceptors (Lipinski definition) is 5.